The fraction of sp³-hybridized carbons (Fsp3) is 0.562. The van der Waals surface area contributed by atoms with E-state index in [1.54, 1.807) is 26.8 Å². The van der Waals surface area contributed by atoms with Gasteiger partial charge in [-0.2, -0.15) is 4.31 Å². The van der Waals surface area contributed by atoms with Crippen molar-refractivity contribution in [1.29, 1.82) is 0 Å². The van der Waals surface area contributed by atoms with Crippen molar-refractivity contribution in [2.45, 2.75) is 38.5 Å². The summed E-state index contributed by atoms with van der Waals surface area (Å²) in [7, 11) is -3.84. The molecule has 1 unspecified atom stereocenters. The van der Waals surface area contributed by atoms with E-state index in [9.17, 15) is 13.2 Å². The summed E-state index contributed by atoms with van der Waals surface area (Å²) in [6.07, 6.45) is 1.21. The monoisotopic (exact) mass is 393 g/mol. The average Bonchev–Trinajstić information content (AvgIpc) is 2.53. The summed E-state index contributed by atoms with van der Waals surface area (Å²) in [5.74, 6) is -0.810. The average molecular weight is 394 g/mol. The van der Waals surface area contributed by atoms with Crippen molar-refractivity contribution in [1.82, 2.24) is 4.31 Å². The van der Waals surface area contributed by atoms with E-state index in [1.165, 1.54) is 4.31 Å². The first-order valence-electron chi connectivity index (χ1n) is 7.82. The van der Waals surface area contributed by atoms with Gasteiger partial charge in [-0.25, -0.2) is 8.42 Å². The van der Waals surface area contributed by atoms with Gasteiger partial charge in [0.15, 0.2) is 0 Å². The van der Waals surface area contributed by atoms with Gasteiger partial charge in [-0.3, -0.25) is 4.79 Å². The topological polar surface area (TPSA) is 63.7 Å². The molecule has 5 nitrogen and oxygen atoms in total. The molecule has 0 aromatic heterocycles. The maximum absolute atomic E-state index is 13.1. The third kappa shape index (κ3) is 3.72. The third-order valence-electron chi connectivity index (χ3n) is 4.19. The Kier molecular flexibility index (Phi) is 6.18. The van der Waals surface area contributed by atoms with E-state index in [4.69, 9.17) is 27.9 Å². The van der Waals surface area contributed by atoms with Gasteiger partial charge in [-0.05, 0) is 50.8 Å². The molecule has 1 atom stereocenters. The molecule has 1 aromatic rings. The van der Waals surface area contributed by atoms with Crippen LogP contribution in [0.25, 0.3) is 0 Å². The van der Waals surface area contributed by atoms with Crippen molar-refractivity contribution in [3.8, 4) is 0 Å². The van der Waals surface area contributed by atoms with E-state index in [0.717, 1.165) is 0 Å². The number of ether oxygens (including phenoxy) is 1. The molecular formula is C16H21Cl2NO4S. The Morgan fingerprint density at radius 1 is 1.38 bits per heavy atom. The summed E-state index contributed by atoms with van der Waals surface area (Å²) in [6, 6.07) is 1.65. The van der Waals surface area contributed by atoms with Crippen LogP contribution in [-0.2, 0) is 19.6 Å². The van der Waals surface area contributed by atoms with Gasteiger partial charge in [-0.15, -0.1) is 0 Å². The Labute approximate surface area is 152 Å². The number of hydrogen-bond donors (Lipinski definition) is 0. The quantitative estimate of drug-likeness (QED) is 0.733. The molecule has 1 saturated heterocycles. The number of rotatable bonds is 4. The number of halogens is 2. The molecule has 0 spiro atoms. The van der Waals surface area contributed by atoms with Crippen LogP contribution >= 0.6 is 23.2 Å². The molecule has 0 bridgehead atoms. The second-order valence-corrected chi connectivity index (χ2v) is 8.56. The lowest BCUT2D eigenvalue weighted by Crippen LogP contribution is -2.43. The van der Waals surface area contributed by atoms with E-state index >= 15 is 0 Å². The van der Waals surface area contributed by atoms with E-state index in [1.807, 2.05) is 0 Å². The predicted octanol–water partition coefficient (Wildman–Crippen LogP) is 3.57. The zero-order valence-electron chi connectivity index (χ0n) is 13.9. The van der Waals surface area contributed by atoms with Crippen molar-refractivity contribution in [3.63, 3.8) is 0 Å². The second-order valence-electron chi connectivity index (χ2n) is 5.90. The van der Waals surface area contributed by atoms with E-state index in [-0.39, 0.29) is 29.0 Å². The molecule has 8 heteroatoms. The molecule has 2 rings (SSSR count). The summed E-state index contributed by atoms with van der Waals surface area (Å²) in [4.78, 5) is 12.0. The molecule has 1 aliphatic rings. The van der Waals surface area contributed by atoms with Crippen LogP contribution in [0.1, 0.15) is 30.9 Å². The van der Waals surface area contributed by atoms with Crippen molar-refractivity contribution in [3.05, 3.63) is 27.2 Å². The van der Waals surface area contributed by atoms with Crippen LogP contribution in [0.5, 0.6) is 0 Å². The van der Waals surface area contributed by atoms with Gasteiger partial charge in [0.1, 0.15) is 4.90 Å². The zero-order valence-corrected chi connectivity index (χ0v) is 16.3. The Hall–Kier alpha value is -0.820. The van der Waals surface area contributed by atoms with Crippen molar-refractivity contribution < 1.29 is 17.9 Å². The number of aryl methyl sites for hydroxylation is 1. The molecule has 24 heavy (non-hydrogen) atoms. The zero-order chi connectivity index (χ0) is 18.1. The lowest BCUT2D eigenvalue weighted by molar-refractivity contribution is -0.149. The number of benzene rings is 1. The van der Waals surface area contributed by atoms with Gasteiger partial charge in [-0.1, -0.05) is 23.2 Å². The highest BCUT2D eigenvalue weighted by Gasteiger charge is 2.36. The smallest absolute Gasteiger partial charge is 0.310 e. The van der Waals surface area contributed by atoms with Crippen LogP contribution in [-0.4, -0.2) is 38.4 Å². The molecule has 134 valence electrons. The van der Waals surface area contributed by atoms with E-state index < -0.39 is 15.9 Å². The van der Waals surface area contributed by atoms with E-state index in [2.05, 4.69) is 0 Å². The summed E-state index contributed by atoms with van der Waals surface area (Å²) in [6.45, 7) is 5.80. The number of esters is 1. The predicted molar refractivity (Wildman–Crippen MR) is 94.1 cm³/mol. The Bertz CT molecular complexity index is 723. The van der Waals surface area contributed by atoms with E-state index in [0.29, 0.717) is 35.5 Å². The van der Waals surface area contributed by atoms with Crippen LogP contribution in [0.3, 0.4) is 0 Å². The lowest BCUT2D eigenvalue weighted by Gasteiger charge is -2.31. The van der Waals surface area contributed by atoms with Crippen LogP contribution in [0.15, 0.2) is 11.0 Å². The van der Waals surface area contributed by atoms with Crippen molar-refractivity contribution in [2.75, 3.05) is 19.7 Å². The highest BCUT2D eigenvalue weighted by Crippen LogP contribution is 2.36. The molecule has 0 N–H and O–H groups in total. The van der Waals surface area contributed by atoms with Crippen LogP contribution < -0.4 is 0 Å². The normalized spacial score (nSPS) is 19.3. The van der Waals surface area contributed by atoms with Gasteiger partial charge in [0.05, 0.1) is 17.5 Å². The summed E-state index contributed by atoms with van der Waals surface area (Å²) in [5, 5.41) is 0.532. The number of carbonyl (C=O) groups is 1. The Morgan fingerprint density at radius 2 is 2.04 bits per heavy atom. The minimum Gasteiger partial charge on any atom is -0.466 e. The molecule has 0 aliphatic carbocycles. The first-order valence-corrected chi connectivity index (χ1v) is 10.0. The van der Waals surface area contributed by atoms with Gasteiger partial charge < -0.3 is 4.74 Å². The van der Waals surface area contributed by atoms with Crippen molar-refractivity contribution >= 4 is 39.2 Å². The van der Waals surface area contributed by atoms with Gasteiger partial charge in [0.25, 0.3) is 0 Å². The minimum atomic E-state index is -3.84. The molecular weight excluding hydrogens is 373 g/mol. The van der Waals surface area contributed by atoms with Crippen LogP contribution in [0.2, 0.25) is 10.0 Å². The molecule has 1 fully saturated rings. The number of hydrogen-bond acceptors (Lipinski definition) is 4. The van der Waals surface area contributed by atoms with Crippen LogP contribution in [0.4, 0.5) is 0 Å². The maximum atomic E-state index is 13.1. The summed E-state index contributed by atoms with van der Waals surface area (Å²) < 4.78 is 32.5. The fourth-order valence-electron chi connectivity index (χ4n) is 2.86. The first-order chi connectivity index (χ1) is 11.2. The lowest BCUT2D eigenvalue weighted by atomic mass is 10.0. The molecule has 0 saturated carbocycles. The number of sulfonamides is 1. The van der Waals surface area contributed by atoms with Gasteiger partial charge in [0, 0.05) is 18.1 Å². The highest BCUT2D eigenvalue weighted by atomic mass is 35.5. The van der Waals surface area contributed by atoms with Crippen LogP contribution in [0, 0.1) is 19.8 Å². The molecule has 1 aromatic carbocycles. The SMILES string of the molecule is CCOC(=O)C1CCCN(S(=O)(=O)c2c(C)c(Cl)cc(C)c2Cl)C1. The fourth-order valence-corrected chi connectivity index (χ4v) is 5.55. The Balaban J connectivity index is 2.39. The molecule has 0 radical (unpaired) electrons. The van der Waals surface area contributed by atoms with Crippen molar-refractivity contribution in [2.24, 2.45) is 5.92 Å². The molecule has 1 heterocycles. The molecule has 1 aliphatic heterocycles. The van der Waals surface area contributed by atoms with Gasteiger partial charge >= 0.3 is 5.97 Å². The number of nitrogens with zero attached hydrogens (tertiary/aromatic N) is 1. The highest BCUT2D eigenvalue weighted by molar-refractivity contribution is 7.89. The number of piperidine rings is 1. The van der Waals surface area contributed by atoms with Gasteiger partial charge in [0.2, 0.25) is 10.0 Å². The standard InChI is InChI=1S/C16H21Cl2NO4S/c1-4-23-16(20)12-6-5-7-19(9-12)24(21,22)15-11(3)13(17)8-10(2)14(15)18/h8,12H,4-7,9H2,1-3H3. The molecule has 0 amide bonds. The maximum Gasteiger partial charge on any atom is 0.310 e. The number of carbonyl (C=O) groups excluding carboxylic acids is 1. The summed E-state index contributed by atoms with van der Waals surface area (Å²) in [5.41, 5.74) is 1.02. The second kappa shape index (κ2) is 7.60. The summed E-state index contributed by atoms with van der Waals surface area (Å²) >= 11 is 12.4. The Morgan fingerprint density at radius 3 is 2.67 bits per heavy atom. The third-order valence-corrected chi connectivity index (χ3v) is 7.22. The minimum absolute atomic E-state index is 0.0266. The largest absolute Gasteiger partial charge is 0.466 e. The first kappa shape index (κ1) is 19.5.